The van der Waals surface area contributed by atoms with Crippen molar-refractivity contribution in [2.24, 2.45) is 0 Å². The Bertz CT molecular complexity index is 713. The first kappa shape index (κ1) is 11.6. The third kappa shape index (κ3) is 1.76. The SMILES string of the molecule is N#Cc1cc(C(=O)O)cc2cccc(C(=O)O)c12. The molecule has 0 unspecified atom stereocenters. The number of benzene rings is 2. The minimum atomic E-state index is -1.16. The summed E-state index contributed by atoms with van der Waals surface area (Å²) >= 11 is 0. The lowest BCUT2D eigenvalue weighted by Gasteiger charge is -2.06. The van der Waals surface area contributed by atoms with Crippen LogP contribution >= 0.6 is 0 Å². The molecule has 0 aliphatic carbocycles. The fourth-order valence-corrected chi connectivity index (χ4v) is 1.82. The second kappa shape index (κ2) is 4.18. The van der Waals surface area contributed by atoms with Gasteiger partial charge >= 0.3 is 11.9 Å². The molecule has 0 amide bonds. The summed E-state index contributed by atoms with van der Waals surface area (Å²) in [5.41, 5.74) is -0.00882. The van der Waals surface area contributed by atoms with Gasteiger partial charge in [-0.15, -0.1) is 0 Å². The Labute approximate surface area is 102 Å². The fraction of sp³-hybridized carbons (Fsp3) is 0. The average Bonchev–Trinajstić information content (AvgIpc) is 2.36. The molecule has 2 rings (SSSR count). The number of carboxylic acid groups (broad SMARTS) is 2. The number of rotatable bonds is 2. The first-order chi connectivity index (χ1) is 8.54. The monoisotopic (exact) mass is 241 g/mol. The van der Waals surface area contributed by atoms with Crippen LogP contribution in [0.25, 0.3) is 10.8 Å². The van der Waals surface area contributed by atoms with Crippen LogP contribution < -0.4 is 0 Å². The van der Waals surface area contributed by atoms with E-state index in [0.29, 0.717) is 5.39 Å². The lowest BCUT2D eigenvalue weighted by molar-refractivity contribution is 0.0688. The molecule has 0 saturated heterocycles. The van der Waals surface area contributed by atoms with Gasteiger partial charge in [-0.3, -0.25) is 0 Å². The Morgan fingerprint density at radius 1 is 1.11 bits per heavy atom. The fourth-order valence-electron chi connectivity index (χ4n) is 1.82. The maximum atomic E-state index is 11.1. The number of nitriles is 1. The lowest BCUT2D eigenvalue weighted by Crippen LogP contribution is -2.02. The van der Waals surface area contributed by atoms with Gasteiger partial charge in [-0.2, -0.15) is 5.26 Å². The number of hydrogen-bond donors (Lipinski definition) is 2. The maximum Gasteiger partial charge on any atom is 0.336 e. The van der Waals surface area contributed by atoms with Crippen LogP contribution in [0.5, 0.6) is 0 Å². The van der Waals surface area contributed by atoms with Gasteiger partial charge in [-0.1, -0.05) is 12.1 Å². The van der Waals surface area contributed by atoms with Crippen molar-refractivity contribution in [3.8, 4) is 6.07 Å². The molecule has 0 bridgehead atoms. The van der Waals surface area contributed by atoms with Crippen molar-refractivity contribution in [1.82, 2.24) is 0 Å². The summed E-state index contributed by atoms with van der Waals surface area (Å²) in [6.45, 7) is 0. The van der Waals surface area contributed by atoms with Crippen LogP contribution in [0.1, 0.15) is 26.3 Å². The van der Waals surface area contributed by atoms with Crippen molar-refractivity contribution < 1.29 is 19.8 Å². The van der Waals surface area contributed by atoms with Crippen LogP contribution in [0, 0.1) is 11.3 Å². The average molecular weight is 241 g/mol. The second-order valence-corrected chi connectivity index (χ2v) is 3.65. The van der Waals surface area contributed by atoms with Crippen molar-refractivity contribution >= 4 is 22.7 Å². The number of carboxylic acids is 2. The maximum absolute atomic E-state index is 11.1. The third-order valence-electron chi connectivity index (χ3n) is 2.57. The highest BCUT2D eigenvalue weighted by molar-refractivity contribution is 6.07. The molecule has 0 saturated carbocycles. The molecular weight excluding hydrogens is 234 g/mol. The van der Waals surface area contributed by atoms with Crippen molar-refractivity contribution in [1.29, 1.82) is 5.26 Å². The largest absolute Gasteiger partial charge is 0.478 e. The van der Waals surface area contributed by atoms with E-state index < -0.39 is 11.9 Å². The summed E-state index contributed by atoms with van der Waals surface area (Å²) in [4.78, 5) is 22.0. The Morgan fingerprint density at radius 2 is 1.83 bits per heavy atom. The van der Waals surface area contributed by atoms with Crippen molar-refractivity contribution in [2.45, 2.75) is 0 Å². The van der Waals surface area contributed by atoms with E-state index in [-0.39, 0.29) is 22.1 Å². The third-order valence-corrected chi connectivity index (χ3v) is 2.57. The van der Waals surface area contributed by atoms with Gasteiger partial charge in [0.05, 0.1) is 22.8 Å². The summed E-state index contributed by atoms with van der Waals surface area (Å²) in [5.74, 6) is -2.31. The summed E-state index contributed by atoms with van der Waals surface area (Å²) in [6, 6.07) is 8.84. The zero-order chi connectivity index (χ0) is 13.3. The van der Waals surface area contributed by atoms with Crippen LogP contribution in [-0.4, -0.2) is 22.2 Å². The first-order valence-electron chi connectivity index (χ1n) is 4.98. The quantitative estimate of drug-likeness (QED) is 0.838. The van der Waals surface area contributed by atoms with E-state index in [0.717, 1.165) is 0 Å². The molecule has 2 N–H and O–H groups in total. The molecular formula is C13H7NO4. The van der Waals surface area contributed by atoms with Crippen molar-refractivity contribution in [2.75, 3.05) is 0 Å². The first-order valence-corrected chi connectivity index (χ1v) is 4.98. The van der Waals surface area contributed by atoms with E-state index in [1.54, 1.807) is 6.07 Å². The van der Waals surface area contributed by atoms with E-state index in [2.05, 4.69) is 0 Å². The van der Waals surface area contributed by atoms with Gasteiger partial charge in [0, 0.05) is 5.39 Å². The standard InChI is InChI=1S/C13H7NO4/c14-6-9-5-8(12(15)16)4-7-2-1-3-10(11(7)9)13(17)18/h1-5H,(H,15,16)(H,17,18). The number of hydrogen-bond acceptors (Lipinski definition) is 3. The van der Waals surface area contributed by atoms with Gasteiger partial charge in [-0.25, -0.2) is 9.59 Å². The number of fused-ring (bicyclic) bond motifs is 1. The highest BCUT2D eigenvalue weighted by Crippen LogP contribution is 2.24. The Morgan fingerprint density at radius 3 is 2.39 bits per heavy atom. The number of carbonyl (C=O) groups is 2. The van der Waals surface area contributed by atoms with E-state index in [4.69, 9.17) is 15.5 Å². The van der Waals surface area contributed by atoms with E-state index >= 15 is 0 Å². The van der Waals surface area contributed by atoms with Gasteiger partial charge < -0.3 is 10.2 Å². The topological polar surface area (TPSA) is 98.4 Å². The molecule has 0 radical (unpaired) electrons. The van der Waals surface area contributed by atoms with Crippen LogP contribution in [-0.2, 0) is 0 Å². The molecule has 18 heavy (non-hydrogen) atoms. The highest BCUT2D eigenvalue weighted by atomic mass is 16.4. The molecule has 5 heteroatoms. The van der Waals surface area contributed by atoms with Crippen LogP contribution in [0.15, 0.2) is 30.3 Å². The van der Waals surface area contributed by atoms with Crippen molar-refractivity contribution in [3.63, 3.8) is 0 Å². The number of nitrogens with zero attached hydrogens (tertiary/aromatic N) is 1. The zero-order valence-corrected chi connectivity index (χ0v) is 9.04. The van der Waals surface area contributed by atoms with Gasteiger partial charge in [0.15, 0.2) is 0 Å². The molecule has 0 fully saturated rings. The van der Waals surface area contributed by atoms with Gasteiger partial charge in [0.25, 0.3) is 0 Å². The van der Waals surface area contributed by atoms with Crippen LogP contribution in [0.2, 0.25) is 0 Å². The summed E-state index contributed by atoms with van der Waals surface area (Å²) in [6.07, 6.45) is 0. The predicted octanol–water partition coefficient (Wildman–Crippen LogP) is 2.11. The van der Waals surface area contributed by atoms with Gasteiger partial charge in [0.1, 0.15) is 0 Å². The Kier molecular flexibility index (Phi) is 2.70. The molecule has 0 heterocycles. The molecule has 0 atom stereocenters. The molecule has 0 spiro atoms. The van der Waals surface area contributed by atoms with E-state index in [1.807, 2.05) is 6.07 Å². The molecule has 88 valence electrons. The number of aromatic carboxylic acids is 2. The van der Waals surface area contributed by atoms with Gasteiger partial charge in [0.2, 0.25) is 0 Å². The normalized spacial score (nSPS) is 9.94. The lowest BCUT2D eigenvalue weighted by atomic mass is 9.97. The summed E-state index contributed by atoms with van der Waals surface area (Å²) in [5, 5.41) is 27.7. The zero-order valence-electron chi connectivity index (χ0n) is 9.04. The minimum absolute atomic E-state index is 0.0130. The Balaban J connectivity index is 2.93. The molecule has 2 aromatic rings. The van der Waals surface area contributed by atoms with Crippen LogP contribution in [0.4, 0.5) is 0 Å². The van der Waals surface area contributed by atoms with Gasteiger partial charge in [-0.05, 0) is 23.6 Å². The Hall–Kier alpha value is -2.87. The summed E-state index contributed by atoms with van der Waals surface area (Å²) in [7, 11) is 0. The predicted molar refractivity (Wildman–Crippen MR) is 62.6 cm³/mol. The molecule has 2 aromatic carbocycles. The van der Waals surface area contributed by atoms with E-state index in [9.17, 15) is 9.59 Å². The molecule has 0 aliphatic heterocycles. The van der Waals surface area contributed by atoms with Crippen LogP contribution in [0.3, 0.4) is 0 Å². The molecule has 0 aromatic heterocycles. The molecule has 0 aliphatic rings. The highest BCUT2D eigenvalue weighted by Gasteiger charge is 2.15. The summed E-state index contributed by atoms with van der Waals surface area (Å²) < 4.78 is 0. The van der Waals surface area contributed by atoms with E-state index in [1.165, 1.54) is 24.3 Å². The smallest absolute Gasteiger partial charge is 0.336 e. The minimum Gasteiger partial charge on any atom is -0.478 e. The molecule has 5 nitrogen and oxygen atoms in total. The second-order valence-electron chi connectivity index (χ2n) is 3.65. The van der Waals surface area contributed by atoms with Crippen molar-refractivity contribution in [3.05, 3.63) is 47.0 Å².